The Morgan fingerprint density at radius 2 is 1.59 bits per heavy atom. The molecule has 0 spiro atoms. The second-order valence-electron chi connectivity index (χ2n) is 6.86. The highest BCUT2D eigenvalue weighted by atomic mass is 79.9. The molecule has 0 saturated carbocycles. The zero-order chi connectivity index (χ0) is 22.9. The van der Waals surface area contributed by atoms with Gasteiger partial charge in [0.05, 0.1) is 22.6 Å². The summed E-state index contributed by atoms with van der Waals surface area (Å²) in [6, 6.07) is 18.0. The van der Waals surface area contributed by atoms with Gasteiger partial charge < -0.3 is 19.5 Å². The average Bonchev–Trinajstić information content (AvgIpc) is 2.79. The SMILES string of the molecule is CCOc1ccc(NCc2cc(Br)c(OCc3ccc([N+](=O)[O-])cc3)c(OCC)c2)cc1. The minimum atomic E-state index is -0.422. The van der Waals surface area contributed by atoms with Crippen LogP contribution in [0.25, 0.3) is 0 Å². The molecule has 0 aliphatic carbocycles. The zero-order valence-electron chi connectivity index (χ0n) is 18.0. The fourth-order valence-electron chi connectivity index (χ4n) is 3.04. The van der Waals surface area contributed by atoms with Gasteiger partial charge in [0.25, 0.3) is 5.69 Å². The third-order valence-corrected chi connectivity index (χ3v) is 5.15. The third kappa shape index (κ3) is 6.37. The third-order valence-electron chi connectivity index (χ3n) is 4.56. The van der Waals surface area contributed by atoms with Crippen LogP contribution in [0.2, 0.25) is 0 Å². The number of nitro groups is 1. The Hall–Kier alpha value is -3.26. The fourth-order valence-corrected chi connectivity index (χ4v) is 3.64. The van der Waals surface area contributed by atoms with Gasteiger partial charge >= 0.3 is 0 Å². The van der Waals surface area contributed by atoms with Crippen molar-refractivity contribution in [2.75, 3.05) is 18.5 Å². The average molecular weight is 501 g/mol. The number of benzene rings is 3. The molecule has 0 fully saturated rings. The maximum absolute atomic E-state index is 10.8. The fraction of sp³-hybridized carbons (Fsp3) is 0.250. The molecule has 0 atom stereocenters. The van der Waals surface area contributed by atoms with E-state index >= 15 is 0 Å². The first-order chi connectivity index (χ1) is 15.5. The number of hydrogen-bond donors (Lipinski definition) is 1. The molecule has 0 saturated heterocycles. The molecule has 168 valence electrons. The van der Waals surface area contributed by atoms with Crippen LogP contribution in [0, 0.1) is 10.1 Å². The summed E-state index contributed by atoms with van der Waals surface area (Å²) in [6.45, 7) is 5.88. The van der Waals surface area contributed by atoms with E-state index in [0.717, 1.165) is 27.0 Å². The van der Waals surface area contributed by atoms with Gasteiger partial charge in [0, 0.05) is 24.4 Å². The summed E-state index contributed by atoms with van der Waals surface area (Å²) in [5, 5.41) is 14.2. The molecule has 1 N–H and O–H groups in total. The minimum absolute atomic E-state index is 0.0503. The van der Waals surface area contributed by atoms with E-state index in [4.69, 9.17) is 14.2 Å². The molecule has 0 amide bonds. The lowest BCUT2D eigenvalue weighted by Crippen LogP contribution is -2.04. The van der Waals surface area contributed by atoms with Crippen molar-refractivity contribution in [1.29, 1.82) is 0 Å². The van der Waals surface area contributed by atoms with Crippen LogP contribution in [-0.4, -0.2) is 18.1 Å². The van der Waals surface area contributed by atoms with Gasteiger partial charge in [-0.05, 0) is 89.4 Å². The number of nitrogens with one attached hydrogen (secondary N) is 1. The summed E-state index contributed by atoms with van der Waals surface area (Å²) in [4.78, 5) is 10.4. The second-order valence-corrected chi connectivity index (χ2v) is 7.72. The smallest absolute Gasteiger partial charge is 0.269 e. The van der Waals surface area contributed by atoms with Crippen LogP contribution in [0.15, 0.2) is 65.1 Å². The topological polar surface area (TPSA) is 82.9 Å². The predicted molar refractivity (Wildman–Crippen MR) is 128 cm³/mol. The van der Waals surface area contributed by atoms with E-state index in [9.17, 15) is 10.1 Å². The molecule has 0 aromatic heterocycles. The number of nitrogens with zero attached hydrogens (tertiary/aromatic N) is 1. The Morgan fingerprint density at radius 3 is 2.22 bits per heavy atom. The predicted octanol–water partition coefficient (Wildman–Crippen LogP) is 6.35. The van der Waals surface area contributed by atoms with E-state index in [-0.39, 0.29) is 12.3 Å². The maximum atomic E-state index is 10.8. The van der Waals surface area contributed by atoms with Gasteiger partial charge in [0.2, 0.25) is 0 Å². The monoisotopic (exact) mass is 500 g/mol. The summed E-state index contributed by atoms with van der Waals surface area (Å²) in [5.74, 6) is 2.07. The molecule has 0 heterocycles. The van der Waals surface area contributed by atoms with Crippen LogP contribution in [-0.2, 0) is 13.2 Å². The first kappa shape index (κ1) is 23.4. The zero-order valence-corrected chi connectivity index (χ0v) is 19.6. The lowest BCUT2D eigenvalue weighted by atomic mass is 10.2. The van der Waals surface area contributed by atoms with Crippen LogP contribution in [0.3, 0.4) is 0 Å². The Morgan fingerprint density at radius 1 is 0.906 bits per heavy atom. The van der Waals surface area contributed by atoms with Gasteiger partial charge in [-0.15, -0.1) is 0 Å². The number of ether oxygens (including phenoxy) is 3. The molecule has 7 nitrogen and oxygen atoms in total. The molecule has 0 aliphatic heterocycles. The maximum Gasteiger partial charge on any atom is 0.269 e. The van der Waals surface area contributed by atoms with Crippen molar-refractivity contribution < 1.29 is 19.1 Å². The minimum Gasteiger partial charge on any atom is -0.494 e. The van der Waals surface area contributed by atoms with Gasteiger partial charge in [-0.25, -0.2) is 0 Å². The van der Waals surface area contributed by atoms with E-state index in [1.807, 2.05) is 50.2 Å². The van der Waals surface area contributed by atoms with Crippen LogP contribution < -0.4 is 19.5 Å². The summed E-state index contributed by atoms with van der Waals surface area (Å²) < 4.78 is 18.0. The Labute approximate surface area is 195 Å². The van der Waals surface area contributed by atoms with Crippen molar-refractivity contribution in [3.8, 4) is 17.2 Å². The largest absolute Gasteiger partial charge is 0.494 e. The van der Waals surface area contributed by atoms with Crippen molar-refractivity contribution in [3.63, 3.8) is 0 Å². The van der Waals surface area contributed by atoms with Crippen LogP contribution >= 0.6 is 15.9 Å². The van der Waals surface area contributed by atoms with Crippen molar-refractivity contribution in [3.05, 3.63) is 86.4 Å². The molecule has 0 aliphatic rings. The van der Waals surface area contributed by atoms with Gasteiger partial charge in [0.15, 0.2) is 11.5 Å². The molecule has 0 bridgehead atoms. The first-order valence-electron chi connectivity index (χ1n) is 10.3. The molecule has 3 aromatic rings. The number of anilines is 1. The van der Waals surface area contributed by atoms with Crippen molar-refractivity contribution in [1.82, 2.24) is 0 Å². The summed E-state index contributed by atoms with van der Waals surface area (Å²) in [5.41, 5.74) is 2.89. The summed E-state index contributed by atoms with van der Waals surface area (Å²) >= 11 is 3.59. The van der Waals surface area contributed by atoms with Crippen LogP contribution in [0.4, 0.5) is 11.4 Å². The summed E-state index contributed by atoms with van der Waals surface area (Å²) in [6.07, 6.45) is 0. The lowest BCUT2D eigenvalue weighted by Gasteiger charge is -2.16. The van der Waals surface area contributed by atoms with Gasteiger partial charge in [-0.3, -0.25) is 10.1 Å². The molecule has 32 heavy (non-hydrogen) atoms. The normalized spacial score (nSPS) is 10.5. The van der Waals surface area contributed by atoms with Crippen molar-refractivity contribution in [2.45, 2.75) is 27.0 Å². The van der Waals surface area contributed by atoms with E-state index < -0.39 is 4.92 Å². The van der Waals surface area contributed by atoms with Crippen LogP contribution in [0.1, 0.15) is 25.0 Å². The van der Waals surface area contributed by atoms with Crippen molar-refractivity contribution in [2.24, 2.45) is 0 Å². The van der Waals surface area contributed by atoms with Gasteiger partial charge in [0.1, 0.15) is 12.4 Å². The highest BCUT2D eigenvalue weighted by Gasteiger charge is 2.13. The van der Waals surface area contributed by atoms with Gasteiger partial charge in [-0.1, -0.05) is 0 Å². The van der Waals surface area contributed by atoms with Crippen LogP contribution in [0.5, 0.6) is 17.2 Å². The van der Waals surface area contributed by atoms with E-state index in [0.29, 0.717) is 31.3 Å². The Bertz CT molecular complexity index is 1040. The number of rotatable bonds is 11. The molecular formula is C24H25BrN2O5. The molecule has 3 aromatic carbocycles. The quantitative estimate of drug-likeness (QED) is 0.244. The second kappa shape index (κ2) is 11.4. The number of nitro benzene ring substituents is 1. The molecular weight excluding hydrogens is 476 g/mol. The first-order valence-corrected chi connectivity index (χ1v) is 11.1. The highest BCUT2D eigenvalue weighted by molar-refractivity contribution is 9.10. The standard InChI is InChI=1S/C24H25BrN2O5/c1-3-30-21-11-7-19(8-12-21)26-15-18-13-22(25)24(23(14-18)31-4-2)32-16-17-5-9-20(10-6-17)27(28)29/h5-14,26H,3-4,15-16H2,1-2H3. The summed E-state index contributed by atoms with van der Waals surface area (Å²) in [7, 11) is 0. The molecule has 3 rings (SSSR count). The van der Waals surface area contributed by atoms with Gasteiger partial charge in [-0.2, -0.15) is 0 Å². The molecule has 0 radical (unpaired) electrons. The van der Waals surface area contributed by atoms with E-state index in [1.54, 1.807) is 12.1 Å². The number of halogens is 1. The van der Waals surface area contributed by atoms with Crippen molar-refractivity contribution >= 4 is 27.3 Å². The Balaban J connectivity index is 1.68. The lowest BCUT2D eigenvalue weighted by molar-refractivity contribution is -0.384. The van der Waals surface area contributed by atoms with E-state index in [1.165, 1.54) is 12.1 Å². The Kier molecular flexibility index (Phi) is 8.33. The molecule has 8 heteroatoms. The van der Waals surface area contributed by atoms with E-state index in [2.05, 4.69) is 21.2 Å². The molecule has 0 unspecified atom stereocenters. The number of non-ortho nitro benzene ring substituents is 1. The highest BCUT2D eigenvalue weighted by Crippen LogP contribution is 2.37. The number of hydrogen-bond acceptors (Lipinski definition) is 6.